The summed E-state index contributed by atoms with van der Waals surface area (Å²) in [7, 11) is 1.82. The number of anilines is 1. The Kier molecular flexibility index (Phi) is 5.57. The van der Waals surface area contributed by atoms with Crippen LogP contribution in [0, 0.1) is 0 Å². The maximum atomic E-state index is 12.2. The quantitative estimate of drug-likeness (QED) is 0.813. The molecule has 0 bridgehead atoms. The van der Waals surface area contributed by atoms with Crippen LogP contribution in [0.25, 0.3) is 0 Å². The van der Waals surface area contributed by atoms with Gasteiger partial charge in [0.15, 0.2) is 0 Å². The Hall–Kier alpha value is -2.83. The molecule has 0 atom stereocenters. The minimum Gasteiger partial charge on any atom is -0.489 e. The van der Waals surface area contributed by atoms with Crippen LogP contribution in [0.3, 0.4) is 0 Å². The number of hydrogen-bond acceptors (Lipinski definition) is 4. The van der Waals surface area contributed by atoms with Crippen molar-refractivity contribution < 1.29 is 19.4 Å². The number of carbonyl (C=O) groups is 2. The average Bonchev–Trinajstić information content (AvgIpc) is 2.91. The summed E-state index contributed by atoms with van der Waals surface area (Å²) in [5.41, 5.74) is 1.40. The number of ether oxygens (including phenoxy) is 1. The summed E-state index contributed by atoms with van der Waals surface area (Å²) in [5.74, 6) is -0.826. The molecule has 0 fully saturated rings. The lowest BCUT2D eigenvalue weighted by molar-refractivity contribution is -0.116. The van der Waals surface area contributed by atoms with Gasteiger partial charge in [0, 0.05) is 25.4 Å². The average molecular weight is 331 g/mol. The first-order valence-corrected chi connectivity index (χ1v) is 7.67. The third-order valence-electron chi connectivity index (χ3n) is 3.39. The van der Waals surface area contributed by atoms with E-state index in [9.17, 15) is 9.59 Å². The third kappa shape index (κ3) is 4.58. The summed E-state index contributed by atoms with van der Waals surface area (Å²) in [6.07, 6.45) is 2.39. The number of rotatable bonds is 7. The van der Waals surface area contributed by atoms with Gasteiger partial charge in [-0.1, -0.05) is 0 Å². The van der Waals surface area contributed by atoms with E-state index >= 15 is 0 Å². The Bertz CT molecular complexity index is 737. The van der Waals surface area contributed by atoms with Crippen molar-refractivity contribution in [3.63, 3.8) is 0 Å². The van der Waals surface area contributed by atoms with Crippen molar-refractivity contribution in [1.29, 1.82) is 0 Å². The number of carboxylic acids is 1. The highest BCUT2D eigenvalue weighted by Gasteiger charge is 2.13. The minimum atomic E-state index is -1.06. The van der Waals surface area contributed by atoms with Crippen LogP contribution in [0.5, 0.6) is 5.75 Å². The molecule has 2 rings (SSSR count). The summed E-state index contributed by atoms with van der Waals surface area (Å²) in [6, 6.07) is 6.26. The van der Waals surface area contributed by atoms with Gasteiger partial charge in [-0.25, -0.2) is 4.79 Å². The normalized spacial score (nSPS) is 10.7. The molecule has 0 aliphatic rings. The van der Waals surface area contributed by atoms with E-state index < -0.39 is 5.97 Å². The zero-order chi connectivity index (χ0) is 17.7. The molecular formula is C17H21N3O4. The molecule has 0 aliphatic carbocycles. The van der Waals surface area contributed by atoms with E-state index in [1.54, 1.807) is 16.9 Å². The van der Waals surface area contributed by atoms with E-state index in [0.29, 0.717) is 17.9 Å². The number of hydrogen-bond donors (Lipinski definition) is 2. The molecule has 7 nitrogen and oxygen atoms in total. The van der Waals surface area contributed by atoms with Crippen molar-refractivity contribution >= 4 is 17.6 Å². The van der Waals surface area contributed by atoms with E-state index in [-0.39, 0.29) is 24.0 Å². The number of benzene rings is 1. The summed E-state index contributed by atoms with van der Waals surface area (Å²) in [4.78, 5) is 23.3. The van der Waals surface area contributed by atoms with Crippen molar-refractivity contribution in [3.05, 3.63) is 41.7 Å². The number of carboxylic acid groups (broad SMARTS) is 1. The van der Waals surface area contributed by atoms with Gasteiger partial charge < -0.3 is 15.2 Å². The van der Waals surface area contributed by atoms with Gasteiger partial charge in [-0.2, -0.15) is 5.10 Å². The second kappa shape index (κ2) is 7.63. The Balaban J connectivity index is 2.10. The lowest BCUT2D eigenvalue weighted by Gasteiger charge is -2.15. The van der Waals surface area contributed by atoms with Crippen LogP contribution in [0.1, 0.15) is 36.3 Å². The largest absolute Gasteiger partial charge is 0.489 e. The van der Waals surface area contributed by atoms with Crippen molar-refractivity contribution in [2.24, 2.45) is 7.05 Å². The molecule has 1 aromatic heterocycles. The Labute approximate surface area is 140 Å². The van der Waals surface area contributed by atoms with Gasteiger partial charge in [-0.05, 0) is 44.5 Å². The number of aryl methyl sites for hydroxylation is 2. The molecule has 0 radical (unpaired) electrons. The molecule has 0 aliphatic heterocycles. The van der Waals surface area contributed by atoms with Crippen molar-refractivity contribution in [2.45, 2.75) is 32.8 Å². The SMILES string of the molecule is CC(C)Oc1ccc(C(=O)O)cc1NC(=O)CCc1ccnn1C. The Morgan fingerprint density at radius 1 is 1.33 bits per heavy atom. The Morgan fingerprint density at radius 3 is 2.67 bits per heavy atom. The van der Waals surface area contributed by atoms with Crippen molar-refractivity contribution in [2.75, 3.05) is 5.32 Å². The second-order valence-corrected chi connectivity index (χ2v) is 5.68. The van der Waals surface area contributed by atoms with Crippen LogP contribution >= 0.6 is 0 Å². The number of aromatic nitrogens is 2. The molecule has 7 heteroatoms. The predicted molar refractivity (Wildman–Crippen MR) is 89.3 cm³/mol. The van der Waals surface area contributed by atoms with Gasteiger partial charge in [0.2, 0.25) is 5.91 Å². The molecule has 0 saturated heterocycles. The number of carbonyl (C=O) groups excluding carboxylic acids is 1. The predicted octanol–water partition coefficient (Wildman–Crippen LogP) is 2.48. The standard InChI is InChI=1S/C17H21N3O4/c1-11(2)24-15-6-4-12(17(22)23)10-14(15)19-16(21)7-5-13-8-9-18-20(13)3/h4,6,8-11H,5,7H2,1-3H3,(H,19,21)(H,22,23). The zero-order valence-corrected chi connectivity index (χ0v) is 13.9. The molecule has 0 saturated carbocycles. The van der Waals surface area contributed by atoms with Crippen LogP contribution in [0.15, 0.2) is 30.5 Å². The van der Waals surface area contributed by atoms with E-state index in [1.807, 2.05) is 27.0 Å². The summed E-state index contributed by atoms with van der Waals surface area (Å²) < 4.78 is 7.34. The highest BCUT2D eigenvalue weighted by molar-refractivity contribution is 5.95. The maximum absolute atomic E-state index is 12.2. The number of nitrogens with one attached hydrogen (secondary N) is 1. The maximum Gasteiger partial charge on any atom is 0.335 e. The highest BCUT2D eigenvalue weighted by atomic mass is 16.5. The van der Waals surface area contributed by atoms with E-state index in [1.165, 1.54) is 12.1 Å². The van der Waals surface area contributed by atoms with Gasteiger partial charge >= 0.3 is 5.97 Å². The van der Waals surface area contributed by atoms with Crippen LogP contribution in [0.2, 0.25) is 0 Å². The molecule has 2 N–H and O–H groups in total. The Morgan fingerprint density at radius 2 is 2.08 bits per heavy atom. The summed E-state index contributed by atoms with van der Waals surface area (Å²) in [5, 5.41) is 15.9. The fourth-order valence-electron chi connectivity index (χ4n) is 2.22. The van der Waals surface area contributed by atoms with E-state index in [4.69, 9.17) is 9.84 Å². The molecule has 1 amide bonds. The fraction of sp³-hybridized carbons (Fsp3) is 0.353. The van der Waals surface area contributed by atoms with Crippen LogP contribution < -0.4 is 10.1 Å². The zero-order valence-electron chi connectivity index (χ0n) is 13.9. The van der Waals surface area contributed by atoms with Gasteiger partial charge in [-0.15, -0.1) is 0 Å². The number of nitrogens with zero attached hydrogens (tertiary/aromatic N) is 2. The fourth-order valence-corrected chi connectivity index (χ4v) is 2.22. The van der Waals surface area contributed by atoms with Crippen LogP contribution in [-0.2, 0) is 18.3 Å². The van der Waals surface area contributed by atoms with Gasteiger partial charge in [0.25, 0.3) is 0 Å². The van der Waals surface area contributed by atoms with Gasteiger partial charge in [0.05, 0.1) is 17.4 Å². The topological polar surface area (TPSA) is 93.4 Å². The first-order chi connectivity index (χ1) is 11.4. The number of aromatic carboxylic acids is 1. The first kappa shape index (κ1) is 17.5. The molecule has 24 heavy (non-hydrogen) atoms. The van der Waals surface area contributed by atoms with Gasteiger partial charge in [0.1, 0.15) is 5.75 Å². The summed E-state index contributed by atoms with van der Waals surface area (Å²) in [6.45, 7) is 3.72. The third-order valence-corrected chi connectivity index (χ3v) is 3.39. The van der Waals surface area contributed by atoms with Gasteiger partial charge in [-0.3, -0.25) is 9.48 Å². The minimum absolute atomic E-state index is 0.0908. The number of amides is 1. The van der Waals surface area contributed by atoms with Crippen LogP contribution in [0.4, 0.5) is 5.69 Å². The molecular weight excluding hydrogens is 310 g/mol. The van der Waals surface area contributed by atoms with E-state index in [2.05, 4.69) is 10.4 Å². The second-order valence-electron chi connectivity index (χ2n) is 5.68. The monoisotopic (exact) mass is 331 g/mol. The molecule has 1 heterocycles. The lowest BCUT2D eigenvalue weighted by Crippen LogP contribution is -2.16. The lowest BCUT2D eigenvalue weighted by atomic mass is 10.1. The van der Waals surface area contributed by atoms with Crippen LogP contribution in [-0.4, -0.2) is 32.9 Å². The molecule has 0 spiro atoms. The highest BCUT2D eigenvalue weighted by Crippen LogP contribution is 2.27. The van der Waals surface area contributed by atoms with Crippen molar-refractivity contribution in [3.8, 4) is 5.75 Å². The molecule has 0 unspecified atom stereocenters. The molecule has 128 valence electrons. The smallest absolute Gasteiger partial charge is 0.335 e. The summed E-state index contributed by atoms with van der Waals surface area (Å²) >= 11 is 0. The molecule has 1 aromatic carbocycles. The van der Waals surface area contributed by atoms with Crippen molar-refractivity contribution in [1.82, 2.24) is 9.78 Å². The molecule has 2 aromatic rings. The van der Waals surface area contributed by atoms with E-state index in [0.717, 1.165) is 5.69 Å². The first-order valence-electron chi connectivity index (χ1n) is 7.67.